The first-order chi connectivity index (χ1) is 12.4. The van der Waals surface area contributed by atoms with Crippen LogP contribution >= 0.6 is 0 Å². The molecular weight excluding hydrogens is 348 g/mol. The van der Waals surface area contributed by atoms with Crippen LogP contribution in [0, 0.1) is 13.8 Å². The number of nitrogens with one attached hydrogen (secondary N) is 1. The van der Waals surface area contributed by atoms with E-state index in [-0.39, 0.29) is 12.3 Å². The van der Waals surface area contributed by atoms with Crippen LogP contribution in [-0.4, -0.2) is 19.9 Å². The number of benzene rings is 2. The molecule has 0 amide bonds. The topological polar surface area (TPSA) is 72.2 Å². The number of sulfonamides is 1. The van der Waals surface area contributed by atoms with E-state index in [4.69, 9.17) is 4.42 Å². The molecule has 136 valence electrons. The van der Waals surface area contributed by atoms with Crippen molar-refractivity contribution >= 4 is 10.0 Å². The van der Waals surface area contributed by atoms with E-state index >= 15 is 0 Å². The van der Waals surface area contributed by atoms with Gasteiger partial charge in [-0.05, 0) is 31.5 Å². The first-order valence-electron chi connectivity index (χ1n) is 8.47. The van der Waals surface area contributed by atoms with Crippen molar-refractivity contribution in [2.24, 2.45) is 0 Å². The molecule has 0 atom stereocenters. The highest BCUT2D eigenvalue weighted by molar-refractivity contribution is 7.88. The fraction of sp³-hybridized carbons (Fsp3) is 0.250. The van der Waals surface area contributed by atoms with Crippen molar-refractivity contribution in [3.8, 4) is 11.5 Å². The monoisotopic (exact) mass is 370 g/mol. The Morgan fingerprint density at radius 3 is 2.54 bits per heavy atom. The molecule has 1 aromatic heterocycles. The highest BCUT2D eigenvalue weighted by atomic mass is 32.2. The predicted octanol–water partition coefficient (Wildman–Crippen LogP) is 3.62. The van der Waals surface area contributed by atoms with E-state index in [1.807, 2.05) is 68.4 Å². The van der Waals surface area contributed by atoms with Crippen molar-refractivity contribution in [3.05, 3.63) is 77.2 Å². The first-order valence-corrected chi connectivity index (χ1v) is 10.1. The second kappa shape index (κ2) is 7.85. The molecule has 0 bridgehead atoms. The number of rotatable bonds is 7. The van der Waals surface area contributed by atoms with Gasteiger partial charge in [-0.25, -0.2) is 18.1 Å². The van der Waals surface area contributed by atoms with Gasteiger partial charge in [0, 0.05) is 18.5 Å². The van der Waals surface area contributed by atoms with Gasteiger partial charge >= 0.3 is 0 Å². The molecule has 0 unspecified atom stereocenters. The number of oxazole rings is 1. The second-order valence-corrected chi connectivity index (χ2v) is 8.09. The average molecular weight is 370 g/mol. The van der Waals surface area contributed by atoms with Gasteiger partial charge in [0.05, 0.1) is 11.4 Å². The van der Waals surface area contributed by atoms with Crippen molar-refractivity contribution in [2.75, 3.05) is 6.54 Å². The molecule has 1 heterocycles. The minimum Gasteiger partial charge on any atom is -0.441 e. The maximum absolute atomic E-state index is 12.3. The van der Waals surface area contributed by atoms with Gasteiger partial charge in [0.25, 0.3) is 0 Å². The van der Waals surface area contributed by atoms with E-state index in [0.717, 1.165) is 22.4 Å². The maximum Gasteiger partial charge on any atom is 0.226 e. The molecule has 0 aliphatic carbocycles. The van der Waals surface area contributed by atoms with Crippen molar-refractivity contribution in [1.29, 1.82) is 0 Å². The Morgan fingerprint density at radius 2 is 1.81 bits per heavy atom. The number of hydrogen-bond acceptors (Lipinski definition) is 4. The van der Waals surface area contributed by atoms with E-state index in [2.05, 4.69) is 9.71 Å². The molecule has 0 fully saturated rings. The normalized spacial score (nSPS) is 11.6. The molecular formula is C20H22N2O3S. The van der Waals surface area contributed by atoms with Crippen LogP contribution in [0.3, 0.4) is 0 Å². The van der Waals surface area contributed by atoms with Crippen molar-refractivity contribution < 1.29 is 12.8 Å². The van der Waals surface area contributed by atoms with E-state index in [1.54, 1.807) is 0 Å². The third-order valence-corrected chi connectivity index (χ3v) is 5.39. The quantitative estimate of drug-likeness (QED) is 0.689. The van der Waals surface area contributed by atoms with Gasteiger partial charge < -0.3 is 4.42 Å². The van der Waals surface area contributed by atoms with Gasteiger partial charge in [0.1, 0.15) is 5.76 Å². The summed E-state index contributed by atoms with van der Waals surface area (Å²) in [5.74, 6) is 1.24. The van der Waals surface area contributed by atoms with Gasteiger partial charge in [-0.3, -0.25) is 0 Å². The van der Waals surface area contributed by atoms with Gasteiger partial charge in [-0.2, -0.15) is 0 Å². The van der Waals surface area contributed by atoms with Crippen molar-refractivity contribution in [1.82, 2.24) is 9.71 Å². The Labute approximate surface area is 154 Å². The lowest BCUT2D eigenvalue weighted by molar-refractivity contribution is 0.538. The van der Waals surface area contributed by atoms with E-state index in [9.17, 15) is 8.42 Å². The lowest BCUT2D eigenvalue weighted by Gasteiger charge is -2.07. The molecule has 0 aliphatic rings. The van der Waals surface area contributed by atoms with Crippen molar-refractivity contribution in [3.63, 3.8) is 0 Å². The molecule has 0 saturated heterocycles. The molecule has 0 aliphatic heterocycles. The summed E-state index contributed by atoms with van der Waals surface area (Å²) in [6, 6.07) is 17.2. The van der Waals surface area contributed by atoms with Gasteiger partial charge in [0.15, 0.2) is 0 Å². The zero-order chi connectivity index (χ0) is 18.6. The minimum absolute atomic E-state index is 0.0260. The van der Waals surface area contributed by atoms with Crippen LogP contribution < -0.4 is 4.72 Å². The predicted molar refractivity (Wildman–Crippen MR) is 102 cm³/mol. The summed E-state index contributed by atoms with van der Waals surface area (Å²) in [6.07, 6.45) is 0.481. The standard InChI is InChI=1S/C20H22N2O3S/c1-15-7-6-8-17(13-15)14-26(23,24)21-12-11-19-16(2)25-20(22-19)18-9-4-3-5-10-18/h3-10,13,21H,11-12,14H2,1-2H3. The molecule has 1 N–H and O–H groups in total. The van der Waals surface area contributed by atoms with E-state index < -0.39 is 10.0 Å². The highest BCUT2D eigenvalue weighted by Crippen LogP contribution is 2.21. The Kier molecular flexibility index (Phi) is 5.54. The second-order valence-electron chi connectivity index (χ2n) is 6.28. The molecule has 6 heteroatoms. The molecule has 0 saturated carbocycles. The Hall–Kier alpha value is -2.44. The minimum atomic E-state index is -3.39. The summed E-state index contributed by atoms with van der Waals surface area (Å²) < 4.78 is 32.9. The van der Waals surface area contributed by atoms with Gasteiger partial charge in [-0.15, -0.1) is 0 Å². The molecule has 3 aromatic rings. The molecule has 3 rings (SSSR count). The van der Waals surface area contributed by atoms with Crippen LogP contribution in [-0.2, 0) is 22.2 Å². The van der Waals surface area contributed by atoms with Crippen LogP contribution in [0.1, 0.15) is 22.6 Å². The Balaban J connectivity index is 1.60. The zero-order valence-electron chi connectivity index (χ0n) is 14.9. The van der Waals surface area contributed by atoms with Crippen LogP contribution in [0.4, 0.5) is 0 Å². The molecule has 2 aromatic carbocycles. The summed E-state index contributed by atoms with van der Waals surface area (Å²) in [4.78, 5) is 4.49. The summed E-state index contributed by atoms with van der Waals surface area (Å²) in [5.41, 5.74) is 3.50. The summed E-state index contributed by atoms with van der Waals surface area (Å²) in [7, 11) is -3.39. The average Bonchev–Trinajstić information content (AvgIpc) is 2.96. The van der Waals surface area contributed by atoms with Crippen LogP contribution in [0.25, 0.3) is 11.5 Å². The lowest BCUT2D eigenvalue weighted by atomic mass is 10.2. The van der Waals surface area contributed by atoms with Crippen molar-refractivity contribution in [2.45, 2.75) is 26.0 Å². The SMILES string of the molecule is Cc1cccc(CS(=O)(=O)NCCc2nc(-c3ccccc3)oc2C)c1. The number of aromatic nitrogens is 1. The third kappa shape index (κ3) is 4.80. The number of aryl methyl sites for hydroxylation is 2. The van der Waals surface area contributed by atoms with Crippen LogP contribution in [0.5, 0.6) is 0 Å². The maximum atomic E-state index is 12.3. The smallest absolute Gasteiger partial charge is 0.226 e. The number of nitrogens with zero attached hydrogens (tertiary/aromatic N) is 1. The lowest BCUT2D eigenvalue weighted by Crippen LogP contribution is -2.27. The molecule has 5 nitrogen and oxygen atoms in total. The summed E-state index contributed by atoms with van der Waals surface area (Å²) >= 11 is 0. The number of hydrogen-bond donors (Lipinski definition) is 1. The third-order valence-electron chi connectivity index (χ3n) is 4.04. The fourth-order valence-corrected chi connectivity index (χ4v) is 3.90. The first kappa shape index (κ1) is 18.4. The largest absolute Gasteiger partial charge is 0.441 e. The summed E-state index contributed by atoms with van der Waals surface area (Å²) in [6.45, 7) is 4.08. The van der Waals surface area contributed by atoms with E-state index in [0.29, 0.717) is 18.1 Å². The highest BCUT2D eigenvalue weighted by Gasteiger charge is 2.14. The molecule has 0 spiro atoms. The van der Waals surface area contributed by atoms with Gasteiger partial charge in [-0.1, -0.05) is 48.0 Å². The molecule has 26 heavy (non-hydrogen) atoms. The Bertz CT molecular complexity index is 979. The fourth-order valence-electron chi connectivity index (χ4n) is 2.76. The van der Waals surface area contributed by atoms with Gasteiger partial charge in [0.2, 0.25) is 15.9 Å². The Morgan fingerprint density at radius 1 is 1.04 bits per heavy atom. The van der Waals surface area contributed by atoms with Crippen LogP contribution in [0.2, 0.25) is 0 Å². The van der Waals surface area contributed by atoms with E-state index in [1.165, 1.54) is 0 Å². The van der Waals surface area contributed by atoms with Crippen LogP contribution in [0.15, 0.2) is 59.0 Å². The summed E-state index contributed by atoms with van der Waals surface area (Å²) in [5, 5.41) is 0. The molecule has 0 radical (unpaired) electrons. The zero-order valence-corrected chi connectivity index (χ0v) is 15.7.